The van der Waals surface area contributed by atoms with E-state index in [1.165, 1.54) is 231 Å². The lowest BCUT2D eigenvalue weighted by Crippen LogP contribution is -2.62. The lowest BCUT2D eigenvalue weighted by Gasteiger charge is -2.29. The van der Waals surface area contributed by atoms with Gasteiger partial charge in [0.05, 0.1) is 78.2 Å². The van der Waals surface area contributed by atoms with Gasteiger partial charge in [0, 0.05) is 52.1 Å². The van der Waals surface area contributed by atoms with Gasteiger partial charge in [0.2, 0.25) is 11.8 Å². The van der Waals surface area contributed by atoms with Crippen LogP contribution in [0.2, 0.25) is 0 Å². The fourth-order valence-electron chi connectivity index (χ4n) is 12.8. The van der Waals surface area contributed by atoms with E-state index in [4.69, 9.17) is 28.4 Å². The molecule has 0 aromatic carbocycles. The third kappa shape index (κ3) is 62.3. The molecule has 18 heteroatoms. The number of hydrogen-bond acceptors (Lipinski definition) is 16. The number of rotatable bonds is 76. The Balaban J connectivity index is 2.61. The number of hydrogen-bond donors (Lipinski definition) is 2. The number of ether oxygens (including phenoxy) is 6. The van der Waals surface area contributed by atoms with Crippen molar-refractivity contribution in [3.8, 4) is 0 Å². The first-order valence-electron chi connectivity index (χ1n) is 41.9. The van der Waals surface area contributed by atoms with Gasteiger partial charge in [0.1, 0.15) is 12.1 Å². The normalized spacial score (nSPS) is 13.7. The molecule has 1 fully saturated rings. The van der Waals surface area contributed by atoms with Crippen LogP contribution in [0.25, 0.3) is 0 Å². The van der Waals surface area contributed by atoms with Crippen LogP contribution in [0.3, 0.4) is 0 Å². The quantitative estimate of drug-likeness (QED) is 0.0328. The second kappa shape index (κ2) is 71.7. The molecule has 0 aromatic heterocycles. The summed E-state index contributed by atoms with van der Waals surface area (Å²) in [5.74, 6) is -3.24. The third-order valence-corrected chi connectivity index (χ3v) is 19.4. The van der Waals surface area contributed by atoms with Gasteiger partial charge >= 0.3 is 35.8 Å². The van der Waals surface area contributed by atoms with E-state index in [1.807, 2.05) is 9.80 Å². The van der Waals surface area contributed by atoms with Crippen molar-refractivity contribution in [2.75, 3.05) is 78.9 Å². The smallest absolute Gasteiger partial charge is 0.307 e. The first-order chi connectivity index (χ1) is 48.9. The van der Waals surface area contributed by atoms with E-state index in [1.54, 1.807) is 0 Å². The third-order valence-electron chi connectivity index (χ3n) is 19.4. The fraction of sp³-hybridized carbons (Fsp3) is 0.902. The molecule has 18 nitrogen and oxygen atoms in total. The number of carbonyl (C=O) groups is 8. The van der Waals surface area contributed by atoms with E-state index < -0.39 is 35.8 Å². The van der Waals surface area contributed by atoms with Crippen LogP contribution in [-0.2, 0) is 66.8 Å². The van der Waals surface area contributed by atoms with E-state index in [0.717, 1.165) is 77.0 Å². The van der Waals surface area contributed by atoms with Crippen LogP contribution in [0.15, 0.2) is 0 Å². The van der Waals surface area contributed by atoms with Crippen molar-refractivity contribution >= 4 is 47.6 Å². The Hall–Kier alpha value is -4.32. The molecule has 1 saturated heterocycles. The highest BCUT2D eigenvalue weighted by molar-refractivity contribution is 5.96. The van der Waals surface area contributed by atoms with Crippen LogP contribution < -0.4 is 10.6 Å². The van der Waals surface area contributed by atoms with Crippen molar-refractivity contribution in [3.63, 3.8) is 0 Å². The Kier molecular flexibility index (Phi) is 67.1. The van der Waals surface area contributed by atoms with Gasteiger partial charge in [-0.1, -0.05) is 310 Å². The van der Waals surface area contributed by atoms with Crippen molar-refractivity contribution in [2.45, 2.75) is 399 Å². The molecule has 1 aliphatic rings. The molecule has 0 aliphatic carbocycles. The van der Waals surface area contributed by atoms with Crippen LogP contribution in [0.5, 0.6) is 0 Å². The summed E-state index contributed by atoms with van der Waals surface area (Å²) in [4.78, 5) is 108. The Morgan fingerprint density at radius 2 is 0.390 bits per heavy atom. The van der Waals surface area contributed by atoms with E-state index in [9.17, 15) is 38.4 Å². The highest BCUT2D eigenvalue weighted by Crippen LogP contribution is 2.18. The maximum Gasteiger partial charge on any atom is 0.307 e. The summed E-state index contributed by atoms with van der Waals surface area (Å²) in [5.41, 5.74) is 0. The lowest BCUT2D eigenvalue weighted by molar-refractivity contribution is -0.148. The van der Waals surface area contributed by atoms with Gasteiger partial charge in [-0.15, -0.1) is 0 Å². The van der Waals surface area contributed by atoms with Gasteiger partial charge in [0.25, 0.3) is 0 Å². The molecule has 2 atom stereocenters. The van der Waals surface area contributed by atoms with Crippen molar-refractivity contribution < 1.29 is 66.8 Å². The first kappa shape index (κ1) is 93.7. The summed E-state index contributed by atoms with van der Waals surface area (Å²) in [5, 5.41) is 5.42. The van der Waals surface area contributed by atoms with Crippen molar-refractivity contribution in [3.05, 3.63) is 0 Å². The molecule has 0 radical (unpaired) electrons. The maximum absolute atomic E-state index is 13.2. The molecule has 1 heterocycles. The SMILES string of the molecule is CCCCCCCCCCCCCCOC(=O)CCN(CCC(=O)OCCCCCCCCCCCCCC)CCC(=O)OCCC1NC(=O)C(CCOC(=O)CCN(CCC(=O)OCCCCCCCCCCCCCC)CCC(=O)OCCCCCCCCCCCCCC)NC1=O. The summed E-state index contributed by atoms with van der Waals surface area (Å²) in [7, 11) is 0. The first-order valence-corrected chi connectivity index (χ1v) is 41.9. The number of piperazine rings is 1. The Morgan fingerprint density at radius 3 is 0.560 bits per heavy atom. The molecule has 0 bridgehead atoms. The molecule has 1 rings (SSSR count). The predicted molar refractivity (Wildman–Crippen MR) is 404 cm³/mol. The van der Waals surface area contributed by atoms with Gasteiger partial charge in [-0.2, -0.15) is 0 Å². The van der Waals surface area contributed by atoms with Gasteiger partial charge in [-0.25, -0.2) is 0 Å². The van der Waals surface area contributed by atoms with Gasteiger partial charge in [-0.3, -0.25) is 38.4 Å². The summed E-state index contributed by atoms with van der Waals surface area (Å²) in [6, 6.07) is -1.89. The van der Waals surface area contributed by atoms with Crippen molar-refractivity contribution in [1.29, 1.82) is 0 Å². The van der Waals surface area contributed by atoms with Crippen LogP contribution in [-0.4, -0.2) is 148 Å². The highest BCUT2D eigenvalue weighted by atomic mass is 16.6. The largest absolute Gasteiger partial charge is 0.466 e. The number of nitrogens with zero attached hydrogens (tertiary/aromatic N) is 2. The second-order valence-electron chi connectivity index (χ2n) is 28.8. The predicted octanol–water partition coefficient (Wildman–Crippen LogP) is 18.8. The zero-order chi connectivity index (χ0) is 72.7. The molecular weight excluding hydrogens is 1260 g/mol. The summed E-state index contributed by atoms with van der Waals surface area (Å²) >= 11 is 0. The molecule has 1 aliphatic heterocycles. The monoisotopic (exact) mass is 1420 g/mol. The number of esters is 6. The van der Waals surface area contributed by atoms with E-state index in [2.05, 4.69) is 38.3 Å². The molecule has 2 unspecified atom stereocenters. The molecule has 0 aromatic rings. The minimum atomic E-state index is -0.943. The van der Waals surface area contributed by atoms with Gasteiger partial charge in [0.15, 0.2) is 0 Å². The zero-order valence-corrected chi connectivity index (χ0v) is 64.8. The topological polar surface area (TPSA) is 222 Å². The lowest BCUT2D eigenvalue weighted by atomic mass is 10.1. The summed E-state index contributed by atoms with van der Waals surface area (Å²) in [6.45, 7) is 11.8. The molecule has 2 N–H and O–H groups in total. The highest BCUT2D eigenvalue weighted by Gasteiger charge is 2.34. The molecule has 584 valence electrons. The maximum atomic E-state index is 13.2. The zero-order valence-electron chi connectivity index (χ0n) is 64.8. The van der Waals surface area contributed by atoms with Crippen LogP contribution in [0, 0.1) is 0 Å². The molecule has 2 amide bonds. The minimum Gasteiger partial charge on any atom is -0.466 e. The average Bonchev–Trinajstić information content (AvgIpc) is 0.851. The van der Waals surface area contributed by atoms with Crippen molar-refractivity contribution in [2.24, 2.45) is 0 Å². The standard InChI is InChI=1S/C82H152N4O14/c1-5-9-13-17-21-25-29-33-37-41-45-49-67-95-75(87)53-61-85(62-54-76(88)96-68-50-46-42-38-34-30-26-22-18-14-10-6-2)65-57-79(91)99-71-59-73-81(93)84-74(82(94)83-73)60-72-100-80(92)58-66-86(63-55-77(89)97-69-51-47-43-39-35-31-27-23-19-15-11-7-3)64-56-78(90)98-70-52-48-44-40-36-32-28-24-20-16-12-8-4/h73-74H,5-72H2,1-4H3,(H,83,94)(H,84,93). The minimum absolute atomic E-state index is 0.0216. The Labute approximate surface area is 610 Å². The van der Waals surface area contributed by atoms with Crippen molar-refractivity contribution in [1.82, 2.24) is 20.4 Å². The number of amides is 2. The average molecular weight is 1420 g/mol. The Bertz CT molecular complexity index is 1750. The molecule has 0 spiro atoms. The van der Waals surface area contributed by atoms with Gasteiger partial charge in [-0.05, 0) is 25.7 Å². The van der Waals surface area contributed by atoms with Crippen LogP contribution in [0.4, 0.5) is 0 Å². The van der Waals surface area contributed by atoms with Crippen LogP contribution in [0.1, 0.15) is 387 Å². The second-order valence-corrected chi connectivity index (χ2v) is 28.8. The molecule has 0 saturated carbocycles. The Morgan fingerprint density at radius 1 is 0.240 bits per heavy atom. The van der Waals surface area contributed by atoms with E-state index >= 15 is 0 Å². The molecular formula is C82H152N4O14. The summed E-state index contributed by atoms with van der Waals surface area (Å²) < 4.78 is 33.3. The van der Waals surface area contributed by atoms with Gasteiger partial charge < -0.3 is 48.9 Å². The van der Waals surface area contributed by atoms with E-state index in [-0.39, 0.29) is 102 Å². The van der Waals surface area contributed by atoms with Crippen LogP contribution >= 0.6 is 0 Å². The number of unbranched alkanes of at least 4 members (excludes halogenated alkanes) is 44. The number of nitrogens with one attached hydrogen (secondary N) is 2. The van der Waals surface area contributed by atoms with E-state index in [0.29, 0.717) is 52.6 Å². The number of carbonyl (C=O) groups excluding carboxylic acids is 8. The molecule has 100 heavy (non-hydrogen) atoms. The summed E-state index contributed by atoms with van der Waals surface area (Å²) in [6.07, 6.45) is 59.0. The fourth-order valence-corrected chi connectivity index (χ4v) is 12.8.